The molecule has 0 unspecified atom stereocenters. The van der Waals surface area contributed by atoms with Gasteiger partial charge in [0.15, 0.2) is 5.16 Å². The van der Waals surface area contributed by atoms with Crippen LogP contribution in [0.2, 0.25) is 5.02 Å². The molecule has 0 bridgehead atoms. The number of anilines is 1. The molecule has 2 aromatic rings. The maximum Gasteiger partial charge on any atom is 0.343 e. The molecule has 10 heteroatoms. The van der Waals surface area contributed by atoms with E-state index < -0.39 is 5.25 Å². The standard InChI is InChI=1S/C16H21ClN4O4S/c1-10(14(22)18-11-5-6-13(25-3)12(17)9-11)26-16-20-19-15(23)21(16)7-4-8-24-2/h5-6,9-10H,4,7-8H2,1-3H3,(H,18,22)(H,19,23)/t10-/m1/s1. The van der Waals surface area contributed by atoms with Crippen molar-refractivity contribution in [3.8, 4) is 5.75 Å². The number of methoxy groups -OCH3 is 2. The number of rotatable bonds is 9. The van der Waals surface area contributed by atoms with Gasteiger partial charge in [-0.2, -0.15) is 0 Å². The Bertz CT molecular complexity index is 808. The first-order valence-corrected chi connectivity index (χ1v) is 9.17. The summed E-state index contributed by atoms with van der Waals surface area (Å²) in [5, 5.41) is 9.59. The molecule has 1 aromatic carbocycles. The van der Waals surface area contributed by atoms with E-state index in [9.17, 15) is 9.59 Å². The zero-order chi connectivity index (χ0) is 19.1. The maximum atomic E-state index is 12.4. The summed E-state index contributed by atoms with van der Waals surface area (Å²) in [6.45, 7) is 2.74. The molecule has 0 saturated carbocycles. The van der Waals surface area contributed by atoms with E-state index >= 15 is 0 Å². The van der Waals surface area contributed by atoms with Gasteiger partial charge in [-0.3, -0.25) is 9.36 Å². The van der Waals surface area contributed by atoms with Crippen LogP contribution < -0.4 is 15.7 Å². The highest BCUT2D eigenvalue weighted by Crippen LogP contribution is 2.28. The van der Waals surface area contributed by atoms with Crippen molar-refractivity contribution in [2.75, 3.05) is 26.1 Å². The Balaban J connectivity index is 2.01. The largest absolute Gasteiger partial charge is 0.495 e. The van der Waals surface area contributed by atoms with Gasteiger partial charge in [-0.25, -0.2) is 9.89 Å². The van der Waals surface area contributed by atoms with Gasteiger partial charge in [0.1, 0.15) is 5.75 Å². The van der Waals surface area contributed by atoms with Gasteiger partial charge < -0.3 is 14.8 Å². The number of amides is 1. The van der Waals surface area contributed by atoms with Gasteiger partial charge in [-0.05, 0) is 31.5 Å². The molecule has 2 N–H and O–H groups in total. The van der Waals surface area contributed by atoms with E-state index in [1.165, 1.54) is 23.4 Å². The number of benzene rings is 1. The predicted molar refractivity (Wildman–Crippen MR) is 101 cm³/mol. The molecule has 8 nitrogen and oxygen atoms in total. The lowest BCUT2D eigenvalue weighted by molar-refractivity contribution is -0.115. The third-order valence-corrected chi connectivity index (χ3v) is 4.91. The molecule has 0 aliphatic rings. The predicted octanol–water partition coefficient (Wildman–Crippen LogP) is 2.39. The molecule has 1 amide bonds. The first-order valence-electron chi connectivity index (χ1n) is 7.91. The summed E-state index contributed by atoms with van der Waals surface area (Å²) in [5.74, 6) is 0.304. The number of nitrogens with one attached hydrogen (secondary N) is 2. The fourth-order valence-corrected chi connectivity index (χ4v) is 3.30. The van der Waals surface area contributed by atoms with Crippen molar-refractivity contribution in [1.82, 2.24) is 14.8 Å². The Hall–Kier alpha value is -1.97. The fourth-order valence-electron chi connectivity index (χ4n) is 2.16. The highest BCUT2D eigenvalue weighted by molar-refractivity contribution is 8.00. The number of halogens is 1. The first kappa shape index (κ1) is 20.3. The Morgan fingerprint density at radius 2 is 2.23 bits per heavy atom. The van der Waals surface area contributed by atoms with E-state index in [2.05, 4.69) is 15.5 Å². The average molecular weight is 401 g/mol. The lowest BCUT2D eigenvalue weighted by Gasteiger charge is -2.13. The minimum Gasteiger partial charge on any atom is -0.495 e. The summed E-state index contributed by atoms with van der Waals surface area (Å²) in [6.07, 6.45) is 0.675. The number of nitrogens with zero attached hydrogens (tertiary/aromatic N) is 2. The van der Waals surface area contributed by atoms with E-state index in [4.69, 9.17) is 21.1 Å². The van der Waals surface area contributed by atoms with Crippen molar-refractivity contribution in [2.45, 2.75) is 30.3 Å². The molecule has 0 aliphatic heterocycles. The molecular weight excluding hydrogens is 380 g/mol. The molecule has 1 heterocycles. The van der Waals surface area contributed by atoms with Crippen molar-refractivity contribution in [2.24, 2.45) is 0 Å². The smallest absolute Gasteiger partial charge is 0.343 e. The van der Waals surface area contributed by atoms with Crippen molar-refractivity contribution < 1.29 is 14.3 Å². The summed E-state index contributed by atoms with van der Waals surface area (Å²) in [7, 11) is 3.12. The third-order valence-electron chi connectivity index (χ3n) is 3.52. The fraction of sp³-hybridized carbons (Fsp3) is 0.438. The molecule has 0 aliphatic carbocycles. The SMILES string of the molecule is COCCCn1c(S[C@H](C)C(=O)Nc2ccc(OC)c(Cl)c2)n[nH]c1=O. The summed E-state index contributed by atoms with van der Waals surface area (Å²) < 4.78 is 11.6. The van der Waals surface area contributed by atoms with Gasteiger partial charge >= 0.3 is 5.69 Å². The van der Waals surface area contributed by atoms with Gasteiger partial charge in [0, 0.05) is 25.9 Å². The Labute approximate surface area is 160 Å². The Morgan fingerprint density at radius 1 is 1.46 bits per heavy atom. The van der Waals surface area contributed by atoms with E-state index in [1.807, 2.05) is 0 Å². The van der Waals surface area contributed by atoms with E-state index in [-0.39, 0.29) is 11.6 Å². The number of aromatic amines is 1. The summed E-state index contributed by atoms with van der Waals surface area (Å²) in [5.41, 5.74) is 0.255. The molecule has 0 saturated heterocycles. The number of carbonyl (C=O) groups is 1. The summed E-state index contributed by atoms with van der Waals surface area (Å²) in [6, 6.07) is 5.00. The molecule has 2 rings (SSSR count). The van der Waals surface area contributed by atoms with Gasteiger partial charge in [-0.1, -0.05) is 23.4 Å². The monoisotopic (exact) mass is 400 g/mol. The lowest BCUT2D eigenvalue weighted by Crippen LogP contribution is -2.24. The van der Waals surface area contributed by atoms with Crippen LogP contribution in [0.5, 0.6) is 5.75 Å². The van der Waals surface area contributed by atoms with Crippen LogP contribution in [-0.2, 0) is 16.1 Å². The Kier molecular flexibility index (Phi) is 7.55. The maximum absolute atomic E-state index is 12.4. The van der Waals surface area contributed by atoms with Crippen molar-refractivity contribution in [1.29, 1.82) is 0 Å². The summed E-state index contributed by atoms with van der Waals surface area (Å²) >= 11 is 7.26. The van der Waals surface area contributed by atoms with Crippen LogP contribution in [0.4, 0.5) is 5.69 Å². The second-order valence-electron chi connectivity index (χ2n) is 5.41. The Morgan fingerprint density at radius 3 is 2.88 bits per heavy atom. The second kappa shape index (κ2) is 9.65. The number of hydrogen-bond donors (Lipinski definition) is 2. The first-order chi connectivity index (χ1) is 12.5. The lowest BCUT2D eigenvalue weighted by atomic mass is 10.3. The number of thioether (sulfide) groups is 1. The van der Waals surface area contributed by atoms with Gasteiger partial charge in [-0.15, -0.1) is 5.10 Å². The van der Waals surface area contributed by atoms with Crippen molar-refractivity contribution >= 4 is 35.0 Å². The van der Waals surface area contributed by atoms with Gasteiger partial charge in [0.2, 0.25) is 5.91 Å². The molecule has 26 heavy (non-hydrogen) atoms. The minimum absolute atomic E-state index is 0.227. The molecule has 0 radical (unpaired) electrons. The van der Waals surface area contributed by atoms with E-state index in [0.717, 1.165) is 0 Å². The van der Waals surface area contributed by atoms with Crippen LogP contribution in [0.15, 0.2) is 28.2 Å². The molecule has 1 aromatic heterocycles. The summed E-state index contributed by atoms with van der Waals surface area (Å²) in [4.78, 5) is 24.2. The van der Waals surface area contributed by atoms with Crippen LogP contribution >= 0.6 is 23.4 Å². The highest BCUT2D eigenvalue weighted by atomic mass is 35.5. The number of carbonyl (C=O) groups excluding carboxylic acids is 1. The van der Waals surface area contributed by atoms with Crippen molar-refractivity contribution in [3.63, 3.8) is 0 Å². The molecular formula is C16H21ClN4O4S. The van der Waals surface area contributed by atoms with Crippen LogP contribution in [0.1, 0.15) is 13.3 Å². The number of H-pyrrole nitrogens is 1. The normalized spacial score (nSPS) is 12.0. The molecule has 142 valence electrons. The van der Waals surface area contributed by atoms with E-state index in [0.29, 0.717) is 41.2 Å². The zero-order valence-corrected chi connectivity index (χ0v) is 16.3. The van der Waals surface area contributed by atoms with E-state index in [1.54, 1.807) is 32.2 Å². The third kappa shape index (κ3) is 5.26. The number of ether oxygens (including phenoxy) is 2. The number of aromatic nitrogens is 3. The van der Waals surface area contributed by atoms with Crippen LogP contribution in [0.3, 0.4) is 0 Å². The molecule has 0 spiro atoms. The quantitative estimate of drug-likeness (QED) is 0.495. The van der Waals surface area contributed by atoms with Crippen LogP contribution in [0.25, 0.3) is 0 Å². The topological polar surface area (TPSA) is 98.2 Å². The number of hydrogen-bond acceptors (Lipinski definition) is 6. The van der Waals surface area contributed by atoms with Gasteiger partial charge in [0.25, 0.3) is 0 Å². The average Bonchev–Trinajstić information content (AvgIpc) is 2.95. The second-order valence-corrected chi connectivity index (χ2v) is 7.12. The molecule has 0 fully saturated rings. The van der Waals surface area contributed by atoms with Crippen molar-refractivity contribution in [3.05, 3.63) is 33.7 Å². The van der Waals surface area contributed by atoms with Gasteiger partial charge in [0.05, 0.1) is 17.4 Å². The molecule has 1 atom stereocenters. The zero-order valence-electron chi connectivity index (χ0n) is 14.7. The highest BCUT2D eigenvalue weighted by Gasteiger charge is 2.19. The van der Waals surface area contributed by atoms with Crippen LogP contribution in [-0.4, -0.2) is 46.7 Å². The van der Waals surface area contributed by atoms with Crippen LogP contribution in [0, 0.1) is 0 Å². The minimum atomic E-state index is -0.466.